The van der Waals surface area contributed by atoms with Crippen LogP contribution >= 0.6 is 0 Å². The number of hydrogen-bond donors (Lipinski definition) is 2. The fourth-order valence-electron chi connectivity index (χ4n) is 1.95. The Labute approximate surface area is 102 Å². The van der Waals surface area contributed by atoms with Crippen molar-refractivity contribution in [3.05, 3.63) is 36.5 Å². The molecular weight excluding hydrogens is 210 g/mol. The molecule has 0 fully saturated rings. The van der Waals surface area contributed by atoms with E-state index in [1.165, 1.54) is 10.8 Å². The highest BCUT2D eigenvalue weighted by molar-refractivity contribution is 5.91. The molecule has 0 amide bonds. The fraction of sp³-hybridized carbons (Fsp3) is 0.357. The van der Waals surface area contributed by atoms with Crippen molar-refractivity contribution in [1.82, 2.24) is 10.3 Å². The Kier molecular flexibility index (Phi) is 3.94. The molecule has 1 atom stereocenters. The molecule has 90 valence electrons. The highest BCUT2D eigenvalue weighted by atomic mass is 15.0. The summed E-state index contributed by atoms with van der Waals surface area (Å²) in [6.45, 7) is 4.16. The molecule has 0 saturated heterocycles. The molecule has 2 aromatic rings. The molecule has 0 saturated carbocycles. The van der Waals surface area contributed by atoms with E-state index in [0.29, 0.717) is 5.92 Å². The van der Waals surface area contributed by atoms with Crippen molar-refractivity contribution in [3.8, 4) is 0 Å². The minimum absolute atomic E-state index is 0.584. The van der Waals surface area contributed by atoms with E-state index in [1.807, 2.05) is 25.4 Å². The molecular formula is C14H19N3. The van der Waals surface area contributed by atoms with Crippen LogP contribution in [0.1, 0.15) is 6.92 Å². The van der Waals surface area contributed by atoms with Gasteiger partial charge in [-0.3, -0.25) is 0 Å². The molecule has 0 spiro atoms. The van der Waals surface area contributed by atoms with Gasteiger partial charge in [0.05, 0.1) is 0 Å². The number of benzene rings is 1. The molecule has 0 radical (unpaired) electrons. The Bertz CT molecular complexity index is 476. The summed E-state index contributed by atoms with van der Waals surface area (Å²) in [5.74, 6) is 1.56. The van der Waals surface area contributed by atoms with Crippen LogP contribution in [0, 0.1) is 5.92 Å². The zero-order chi connectivity index (χ0) is 12.1. The summed E-state index contributed by atoms with van der Waals surface area (Å²) >= 11 is 0. The Morgan fingerprint density at radius 3 is 2.82 bits per heavy atom. The van der Waals surface area contributed by atoms with Crippen LogP contribution in [0.15, 0.2) is 36.5 Å². The maximum atomic E-state index is 4.41. The first-order chi connectivity index (χ1) is 8.31. The van der Waals surface area contributed by atoms with E-state index in [-0.39, 0.29) is 0 Å². The average Bonchev–Trinajstić information content (AvgIpc) is 2.36. The molecule has 3 nitrogen and oxygen atoms in total. The van der Waals surface area contributed by atoms with Gasteiger partial charge in [-0.05, 0) is 31.0 Å². The second-order valence-electron chi connectivity index (χ2n) is 4.42. The number of anilines is 1. The molecule has 0 bridgehead atoms. The summed E-state index contributed by atoms with van der Waals surface area (Å²) in [6, 6.07) is 10.4. The van der Waals surface area contributed by atoms with Gasteiger partial charge in [-0.15, -0.1) is 0 Å². The summed E-state index contributed by atoms with van der Waals surface area (Å²) in [7, 11) is 1.98. The lowest BCUT2D eigenvalue weighted by Crippen LogP contribution is -2.23. The van der Waals surface area contributed by atoms with Crippen LogP contribution in [0.3, 0.4) is 0 Å². The van der Waals surface area contributed by atoms with Gasteiger partial charge in [-0.2, -0.15) is 0 Å². The van der Waals surface area contributed by atoms with E-state index in [2.05, 4.69) is 40.7 Å². The Balaban J connectivity index is 2.13. The van der Waals surface area contributed by atoms with Crippen molar-refractivity contribution in [3.63, 3.8) is 0 Å². The van der Waals surface area contributed by atoms with Gasteiger partial charge < -0.3 is 10.6 Å². The second kappa shape index (κ2) is 5.64. The monoisotopic (exact) mass is 229 g/mol. The molecule has 0 aliphatic carbocycles. The van der Waals surface area contributed by atoms with Crippen LogP contribution in [0.2, 0.25) is 0 Å². The van der Waals surface area contributed by atoms with Crippen LogP contribution in [-0.4, -0.2) is 25.1 Å². The first kappa shape index (κ1) is 11.9. The highest BCUT2D eigenvalue weighted by Gasteiger charge is 2.03. The summed E-state index contributed by atoms with van der Waals surface area (Å²) in [5, 5.41) is 9.02. The van der Waals surface area contributed by atoms with Crippen LogP contribution in [0.5, 0.6) is 0 Å². The molecule has 2 rings (SSSR count). The number of fused-ring (bicyclic) bond motifs is 1. The van der Waals surface area contributed by atoms with E-state index in [9.17, 15) is 0 Å². The normalized spacial score (nSPS) is 12.6. The molecule has 17 heavy (non-hydrogen) atoms. The third-order valence-electron chi connectivity index (χ3n) is 2.84. The van der Waals surface area contributed by atoms with E-state index >= 15 is 0 Å². The number of pyridine rings is 1. The lowest BCUT2D eigenvalue weighted by molar-refractivity contribution is 0.569. The summed E-state index contributed by atoms with van der Waals surface area (Å²) in [6.07, 6.45) is 1.85. The summed E-state index contributed by atoms with van der Waals surface area (Å²) < 4.78 is 0. The van der Waals surface area contributed by atoms with Crippen LogP contribution < -0.4 is 10.6 Å². The molecule has 1 aromatic carbocycles. The minimum atomic E-state index is 0.584. The topological polar surface area (TPSA) is 37.0 Å². The smallest absolute Gasteiger partial charge is 0.133 e. The zero-order valence-electron chi connectivity index (χ0n) is 10.4. The number of nitrogens with zero attached hydrogens (tertiary/aromatic N) is 1. The lowest BCUT2D eigenvalue weighted by atomic mass is 10.1. The van der Waals surface area contributed by atoms with Crippen molar-refractivity contribution in [2.24, 2.45) is 5.92 Å². The minimum Gasteiger partial charge on any atom is -0.369 e. The maximum Gasteiger partial charge on any atom is 0.133 e. The van der Waals surface area contributed by atoms with Crippen molar-refractivity contribution < 1.29 is 0 Å². The molecule has 1 unspecified atom stereocenters. The SMILES string of the molecule is CNCC(C)CNc1nccc2ccccc12. The molecule has 2 N–H and O–H groups in total. The van der Waals surface area contributed by atoms with Crippen molar-refractivity contribution in [2.75, 3.05) is 25.5 Å². The molecule has 1 aromatic heterocycles. The first-order valence-electron chi connectivity index (χ1n) is 6.03. The third kappa shape index (κ3) is 2.94. The van der Waals surface area contributed by atoms with Gasteiger partial charge in [0, 0.05) is 18.1 Å². The van der Waals surface area contributed by atoms with Crippen LogP contribution in [0.4, 0.5) is 5.82 Å². The standard InChI is InChI=1S/C14H19N3/c1-11(9-15-2)10-17-14-13-6-4-3-5-12(13)7-8-16-14/h3-8,11,15H,9-10H2,1-2H3,(H,16,17). The van der Waals surface area contributed by atoms with E-state index in [4.69, 9.17) is 0 Å². The van der Waals surface area contributed by atoms with Crippen LogP contribution in [-0.2, 0) is 0 Å². The Hall–Kier alpha value is -1.61. The lowest BCUT2D eigenvalue weighted by Gasteiger charge is -2.13. The highest BCUT2D eigenvalue weighted by Crippen LogP contribution is 2.20. The van der Waals surface area contributed by atoms with Gasteiger partial charge >= 0.3 is 0 Å². The molecule has 3 heteroatoms. The predicted molar refractivity (Wildman–Crippen MR) is 73.3 cm³/mol. The number of aromatic nitrogens is 1. The number of rotatable bonds is 5. The van der Waals surface area contributed by atoms with Crippen molar-refractivity contribution in [1.29, 1.82) is 0 Å². The second-order valence-corrected chi connectivity index (χ2v) is 4.42. The van der Waals surface area contributed by atoms with Crippen molar-refractivity contribution in [2.45, 2.75) is 6.92 Å². The maximum absolute atomic E-state index is 4.41. The Morgan fingerprint density at radius 1 is 1.18 bits per heavy atom. The third-order valence-corrected chi connectivity index (χ3v) is 2.84. The predicted octanol–water partition coefficient (Wildman–Crippen LogP) is 2.50. The Morgan fingerprint density at radius 2 is 2.00 bits per heavy atom. The molecule has 0 aliphatic heterocycles. The van der Waals surface area contributed by atoms with Crippen molar-refractivity contribution >= 4 is 16.6 Å². The van der Waals surface area contributed by atoms with Gasteiger partial charge in [0.25, 0.3) is 0 Å². The largest absolute Gasteiger partial charge is 0.369 e. The van der Waals surface area contributed by atoms with E-state index < -0.39 is 0 Å². The zero-order valence-corrected chi connectivity index (χ0v) is 10.4. The van der Waals surface area contributed by atoms with Gasteiger partial charge in [0.1, 0.15) is 5.82 Å². The van der Waals surface area contributed by atoms with Gasteiger partial charge in [0.2, 0.25) is 0 Å². The summed E-state index contributed by atoms with van der Waals surface area (Å²) in [4.78, 5) is 4.41. The van der Waals surface area contributed by atoms with Gasteiger partial charge in [0.15, 0.2) is 0 Å². The van der Waals surface area contributed by atoms with E-state index in [0.717, 1.165) is 18.9 Å². The van der Waals surface area contributed by atoms with Gasteiger partial charge in [-0.1, -0.05) is 31.2 Å². The fourth-order valence-corrected chi connectivity index (χ4v) is 1.95. The average molecular weight is 229 g/mol. The summed E-state index contributed by atoms with van der Waals surface area (Å²) in [5.41, 5.74) is 0. The number of nitrogens with one attached hydrogen (secondary N) is 2. The van der Waals surface area contributed by atoms with E-state index in [1.54, 1.807) is 0 Å². The molecule has 1 heterocycles. The molecule has 0 aliphatic rings. The van der Waals surface area contributed by atoms with Crippen LogP contribution in [0.25, 0.3) is 10.8 Å². The first-order valence-corrected chi connectivity index (χ1v) is 6.03. The quantitative estimate of drug-likeness (QED) is 0.827. The number of hydrogen-bond acceptors (Lipinski definition) is 3. The van der Waals surface area contributed by atoms with Gasteiger partial charge in [-0.25, -0.2) is 4.98 Å².